The molecular weight excluding hydrogens is 370 g/mol. The molecule has 0 aliphatic carbocycles. The second-order valence-corrected chi connectivity index (χ2v) is 7.20. The van der Waals surface area contributed by atoms with Crippen molar-refractivity contribution >= 4 is 15.9 Å². The number of hydrogen-bond donors (Lipinski definition) is 2. The van der Waals surface area contributed by atoms with Gasteiger partial charge in [0.1, 0.15) is 5.75 Å². The van der Waals surface area contributed by atoms with Crippen molar-refractivity contribution in [2.75, 3.05) is 7.11 Å². The summed E-state index contributed by atoms with van der Waals surface area (Å²) < 4.78 is 33.1. The number of methoxy groups -OCH3 is 1. The molecule has 0 saturated carbocycles. The van der Waals surface area contributed by atoms with Gasteiger partial charge in [-0.05, 0) is 29.8 Å². The summed E-state index contributed by atoms with van der Waals surface area (Å²) >= 11 is 0. The number of ether oxygens (including phenoxy) is 1. The Balaban J connectivity index is 1.73. The van der Waals surface area contributed by atoms with E-state index in [1.54, 1.807) is 43.5 Å². The van der Waals surface area contributed by atoms with Crippen LogP contribution in [0, 0.1) is 0 Å². The fourth-order valence-electron chi connectivity index (χ4n) is 2.44. The number of carbonyl (C=O) groups excluding carboxylic acids is 1. The van der Waals surface area contributed by atoms with Crippen LogP contribution in [0.2, 0.25) is 0 Å². The number of benzene rings is 2. The van der Waals surface area contributed by atoms with Crippen LogP contribution < -0.4 is 15.2 Å². The maximum absolute atomic E-state index is 12.5. The lowest BCUT2D eigenvalue weighted by molar-refractivity contribution is 0.0946. The van der Waals surface area contributed by atoms with E-state index in [1.165, 1.54) is 18.5 Å². The molecule has 3 rings (SSSR count). The van der Waals surface area contributed by atoms with E-state index < -0.39 is 15.9 Å². The van der Waals surface area contributed by atoms with Gasteiger partial charge in [-0.3, -0.25) is 4.79 Å². The van der Waals surface area contributed by atoms with Crippen molar-refractivity contribution < 1.29 is 22.4 Å². The summed E-state index contributed by atoms with van der Waals surface area (Å²) in [6.45, 7) is 0.189. The summed E-state index contributed by atoms with van der Waals surface area (Å²) in [5.41, 5.74) is 1.51. The van der Waals surface area contributed by atoms with Crippen LogP contribution in [0.15, 0.2) is 64.2 Å². The van der Waals surface area contributed by atoms with Crippen LogP contribution in [0.5, 0.6) is 5.75 Å². The first kappa shape index (κ1) is 18.6. The maximum atomic E-state index is 12.5. The minimum absolute atomic E-state index is 0.00869. The monoisotopic (exact) mass is 387 g/mol. The SMILES string of the molecule is COc1cccc(-c2ocnc2C(=O)NCc2ccc(S(N)(=O)=O)cc2)c1. The number of nitrogens with one attached hydrogen (secondary N) is 1. The first-order chi connectivity index (χ1) is 12.9. The number of aromatic nitrogens is 1. The molecule has 8 nitrogen and oxygen atoms in total. The number of nitrogens with two attached hydrogens (primary N) is 1. The first-order valence-corrected chi connectivity index (χ1v) is 9.41. The second-order valence-electron chi connectivity index (χ2n) is 5.63. The van der Waals surface area contributed by atoms with Crippen molar-refractivity contribution in [1.29, 1.82) is 0 Å². The zero-order chi connectivity index (χ0) is 19.4. The molecule has 3 N–H and O–H groups in total. The summed E-state index contributed by atoms with van der Waals surface area (Å²) in [5, 5.41) is 7.79. The highest BCUT2D eigenvalue weighted by molar-refractivity contribution is 7.89. The number of nitrogens with zero attached hydrogens (tertiary/aromatic N) is 1. The summed E-state index contributed by atoms with van der Waals surface area (Å²) in [4.78, 5) is 16.5. The lowest BCUT2D eigenvalue weighted by Crippen LogP contribution is -2.23. The third-order valence-corrected chi connectivity index (χ3v) is 4.75. The third kappa shape index (κ3) is 4.33. The molecule has 2 aromatic carbocycles. The van der Waals surface area contributed by atoms with Crippen molar-refractivity contribution in [3.63, 3.8) is 0 Å². The summed E-state index contributed by atoms with van der Waals surface area (Å²) in [7, 11) is -2.20. The van der Waals surface area contributed by atoms with Crippen LogP contribution in [-0.2, 0) is 16.6 Å². The average molecular weight is 387 g/mol. The van der Waals surface area contributed by atoms with Crippen LogP contribution >= 0.6 is 0 Å². The van der Waals surface area contributed by atoms with Crippen molar-refractivity contribution in [2.24, 2.45) is 5.14 Å². The van der Waals surface area contributed by atoms with Crippen molar-refractivity contribution in [3.8, 4) is 17.1 Å². The molecule has 0 aliphatic rings. The number of hydrogen-bond acceptors (Lipinski definition) is 6. The number of carbonyl (C=O) groups is 1. The molecule has 0 bridgehead atoms. The van der Waals surface area contributed by atoms with Crippen molar-refractivity contribution in [3.05, 3.63) is 66.2 Å². The summed E-state index contributed by atoms with van der Waals surface area (Å²) in [6, 6.07) is 13.0. The molecule has 27 heavy (non-hydrogen) atoms. The van der Waals surface area contributed by atoms with Crippen LogP contribution in [0.25, 0.3) is 11.3 Å². The molecule has 0 saturated heterocycles. The van der Waals surface area contributed by atoms with Gasteiger partial charge in [0.2, 0.25) is 10.0 Å². The number of oxazole rings is 1. The maximum Gasteiger partial charge on any atom is 0.274 e. The minimum Gasteiger partial charge on any atom is -0.497 e. The molecular formula is C18H17N3O5S. The van der Waals surface area contributed by atoms with Gasteiger partial charge in [-0.25, -0.2) is 18.5 Å². The molecule has 1 aromatic heterocycles. The average Bonchev–Trinajstić information content (AvgIpc) is 3.16. The molecule has 0 atom stereocenters. The molecule has 0 unspecified atom stereocenters. The largest absolute Gasteiger partial charge is 0.497 e. The highest BCUT2D eigenvalue weighted by atomic mass is 32.2. The van der Waals surface area contributed by atoms with E-state index >= 15 is 0 Å². The molecule has 1 amide bonds. The van der Waals surface area contributed by atoms with E-state index in [1.807, 2.05) is 0 Å². The molecule has 3 aromatic rings. The van der Waals surface area contributed by atoms with Gasteiger partial charge in [-0.15, -0.1) is 0 Å². The van der Waals surface area contributed by atoms with Crippen molar-refractivity contribution in [1.82, 2.24) is 10.3 Å². The van der Waals surface area contributed by atoms with Crippen LogP contribution in [0.3, 0.4) is 0 Å². The predicted molar refractivity (Wildman–Crippen MR) is 97.5 cm³/mol. The molecule has 1 heterocycles. The van der Waals surface area contributed by atoms with E-state index in [2.05, 4.69) is 10.3 Å². The van der Waals surface area contributed by atoms with E-state index in [9.17, 15) is 13.2 Å². The molecule has 9 heteroatoms. The standard InChI is InChI=1S/C18H17N3O5S/c1-25-14-4-2-3-13(9-14)17-16(21-11-26-17)18(22)20-10-12-5-7-15(8-6-12)27(19,23)24/h2-9,11H,10H2,1H3,(H,20,22)(H2,19,23,24). The topological polar surface area (TPSA) is 125 Å². The molecule has 0 spiro atoms. The van der Waals surface area contributed by atoms with Gasteiger partial charge in [0.25, 0.3) is 5.91 Å². The van der Waals surface area contributed by atoms with Crippen LogP contribution in [-0.4, -0.2) is 26.4 Å². The van der Waals surface area contributed by atoms with Gasteiger partial charge >= 0.3 is 0 Å². The van der Waals surface area contributed by atoms with Crippen molar-refractivity contribution in [2.45, 2.75) is 11.4 Å². The van der Waals surface area contributed by atoms with Gasteiger partial charge in [0.05, 0.1) is 12.0 Å². The Morgan fingerprint density at radius 2 is 1.96 bits per heavy atom. The van der Waals surface area contributed by atoms with Gasteiger partial charge in [-0.1, -0.05) is 24.3 Å². The van der Waals surface area contributed by atoms with Gasteiger partial charge in [0.15, 0.2) is 17.8 Å². The number of primary sulfonamides is 1. The normalized spacial score (nSPS) is 11.2. The van der Waals surface area contributed by atoms with E-state index in [-0.39, 0.29) is 17.1 Å². The second kappa shape index (κ2) is 7.60. The Morgan fingerprint density at radius 3 is 2.63 bits per heavy atom. The molecule has 140 valence electrons. The Kier molecular flexibility index (Phi) is 5.24. The zero-order valence-electron chi connectivity index (χ0n) is 14.4. The minimum atomic E-state index is -3.75. The van der Waals surface area contributed by atoms with E-state index in [4.69, 9.17) is 14.3 Å². The van der Waals surface area contributed by atoms with Crippen LogP contribution in [0.1, 0.15) is 16.1 Å². The highest BCUT2D eigenvalue weighted by Crippen LogP contribution is 2.26. The van der Waals surface area contributed by atoms with Gasteiger partial charge in [-0.2, -0.15) is 0 Å². The summed E-state index contributed by atoms with van der Waals surface area (Å²) in [5.74, 6) is 0.540. The van der Waals surface area contributed by atoms with Crippen LogP contribution in [0.4, 0.5) is 0 Å². The Hall–Kier alpha value is -3.17. The molecule has 0 fully saturated rings. The lowest BCUT2D eigenvalue weighted by atomic mass is 10.1. The third-order valence-electron chi connectivity index (χ3n) is 3.82. The van der Waals surface area contributed by atoms with Gasteiger partial charge < -0.3 is 14.5 Å². The smallest absolute Gasteiger partial charge is 0.274 e. The van der Waals surface area contributed by atoms with E-state index in [0.717, 1.165) is 0 Å². The Labute approximate surface area is 156 Å². The number of rotatable bonds is 6. The zero-order valence-corrected chi connectivity index (χ0v) is 15.2. The summed E-state index contributed by atoms with van der Waals surface area (Å²) in [6.07, 6.45) is 1.20. The predicted octanol–water partition coefficient (Wildman–Crippen LogP) is 1.93. The number of amides is 1. The Bertz CT molecular complexity index is 1060. The lowest BCUT2D eigenvalue weighted by Gasteiger charge is -2.06. The molecule has 0 aliphatic heterocycles. The number of sulfonamides is 1. The molecule has 0 radical (unpaired) electrons. The fraction of sp³-hybridized carbons (Fsp3) is 0.111. The Morgan fingerprint density at radius 1 is 1.22 bits per heavy atom. The highest BCUT2D eigenvalue weighted by Gasteiger charge is 2.18. The fourth-order valence-corrected chi connectivity index (χ4v) is 2.96. The van der Waals surface area contributed by atoms with Gasteiger partial charge in [0, 0.05) is 12.1 Å². The quantitative estimate of drug-likeness (QED) is 0.666. The van der Waals surface area contributed by atoms with E-state index in [0.29, 0.717) is 22.6 Å². The first-order valence-electron chi connectivity index (χ1n) is 7.86.